The molecule has 0 aliphatic carbocycles. The molecule has 0 saturated carbocycles. The van der Waals surface area contributed by atoms with Gasteiger partial charge in [-0.05, 0) is 51.0 Å². The van der Waals surface area contributed by atoms with Crippen LogP contribution in [-0.2, 0) is 11.2 Å². The van der Waals surface area contributed by atoms with Gasteiger partial charge in [0, 0.05) is 37.9 Å². The molecule has 6 nitrogen and oxygen atoms in total. The van der Waals surface area contributed by atoms with Crippen molar-refractivity contribution in [2.45, 2.75) is 51.5 Å². The minimum Gasteiger partial charge on any atom is -0.342 e. The molecule has 3 heterocycles. The summed E-state index contributed by atoms with van der Waals surface area (Å²) in [4.78, 5) is 28.0. The third kappa shape index (κ3) is 3.82. The summed E-state index contributed by atoms with van der Waals surface area (Å²) in [5.41, 5.74) is 4.20. The molecular weight excluding hydrogens is 386 g/mol. The lowest BCUT2D eigenvalue weighted by Crippen LogP contribution is -2.40. The number of H-pyrrole nitrogens is 1. The molecule has 1 atom stereocenters. The summed E-state index contributed by atoms with van der Waals surface area (Å²) in [6, 6.07) is 16.7. The van der Waals surface area contributed by atoms with Gasteiger partial charge in [-0.1, -0.05) is 24.3 Å². The summed E-state index contributed by atoms with van der Waals surface area (Å²) in [6.45, 7) is 5.99. The number of aromatic nitrogens is 4. The number of piperidine rings is 1. The number of nitrogens with one attached hydrogen (secondary N) is 1. The van der Waals surface area contributed by atoms with Crippen LogP contribution < -0.4 is 0 Å². The van der Waals surface area contributed by atoms with Crippen LogP contribution in [0.4, 0.5) is 0 Å². The molecule has 2 aromatic heterocycles. The molecule has 160 valence electrons. The number of rotatable bonds is 5. The predicted molar refractivity (Wildman–Crippen MR) is 123 cm³/mol. The van der Waals surface area contributed by atoms with Gasteiger partial charge in [-0.25, -0.2) is 9.97 Å². The fourth-order valence-corrected chi connectivity index (χ4v) is 4.82. The van der Waals surface area contributed by atoms with E-state index < -0.39 is 0 Å². The zero-order valence-electron chi connectivity index (χ0n) is 18.2. The third-order valence-electron chi connectivity index (χ3n) is 6.29. The van der Waals surface area contributed by atoms with Crippen molar-refractivity contribution in [2.75, 3.05) is 13.1 Å². The van der Waals surface area contributed by atoms with E-state index >= 15 is 0 Å². The third-order valence-corrected chi connectivity index (χ3v) is 6.29. The lowest BCUT2D eigenvalue weighted by atomic mass is 9.96. The Morgan fingerprint density at radius 1 is 1.10 bits per heavy atom. The number of amides is 1. The fraction of sp³-hybridized carbons (Fsp3) is 0.400. The summed E-state index contributed by atoms with van der Waals surface area (Å²) in [6.07, 6.45) is 3.21. The van der Waals surface area contributed by atoms with Crippen LogP contribution in [0.1, 0.15) is 56.7 Å². The van der Waals surface area contributed by atoms with Crippen LogP contribution in [0.3, 0.4) is 0 Å². The first-order valence-electron chi connectivity index (χ1n) is 11.3. The second-order valence-corrected chi connectivity index (χ2v) is 8.80. The highest BCUT2D eigenvalue weighted by Crippen LogP contribution is 2.31. The Bertz CT molecular complexity index is 1190. The summed E-state index contributed by atoms with van der Waals surface area (Å²) >= 11 is 0. The number of carbonyl (C=O) groups excluding carboxylic acids is 1. The van der Waals surface area contributed by atoms with E-state index in [0.717, 1.165) is 54.1 Å². The fourth-order valence-electron chi connectivity index (χ4n) is 4.82. The number of nitrogens with zero attached hydrogens (tertiary/aromatic N) is 4. The second kappa shape index (κ2) is 8.17. The molecule has 5 rings (SSSR count). The lowest BCUT2D eigenvalue weighted by molar-refractivity contribution is -0.132. The maximum Gasteiger partial charge on any atom is 0.223 e. The molecule has 6 heteroatoms. The molecule has 0 spiro atoms. The Balaban J connectivity index is 1.30. The number of carbonyl (C=O) groups is 1. The van der Waals surface area contributed by atoms with Gasteiger partial charge in [-0.2, -0.15) is 0 Å². The predicted octanol–water partition coefficient (Wildman–Crippen LogP) is 4.83. The number of imidazole rings is 2. The van der Waals surface area contributed by atoms with Gasteiger partial charge in [0.05, 0.1) is 22.1 Å². The molecule has 2 aromatic carbocycles. The largest absolute Gasteiger partial charge is 0.342 e. The number of benzene rings is 2. The number of aryl methyl sites for hydroxylation is 1. The zero-order valence-corrected chi connectivity index (χ0v) is 18.2. The van der Waals surface area contributed by atoms with Crippen LogP contribution in [0.2, 0.25) is 0 Å². The highest BCUT2D eigenvalue weighted by molar-refractivity contribution is 5.78. The van der Waals surface area contributed by atoms with Crippen molar-refractivity contribution in [1.82, 2.24) is 24.4 Å². The maximum absolute atomic E-state index is 13.0. The Morgan fingerprint density at radius 3 is 2.68 bits per heavy atom. The molecule has 1 saturated heterocycles. The molecular formula is C25H29N5O. The van der Waals surface area contributed by atoms with Crippen molar-refractivity contribution in [3.05, 3.63) is 60.2 Å². The highest BCUT2D eigenvalue weighted by atomic mass is 16.2. The van der Waals surface area contributed by atoms with Gasteiger partial charge in [0.15, 0.2) is 0 Å². The number of fused-ring (bicyclic) bond motifs is 2. The highest BCUT2D eigenvalue weighted by Gasteiger charge is 2.29. The number of likely N-dealkylation sites (tertiary alicyclic amines) is 1. The van der Waals surface area contributed by atoms with E-state index in [-0.39, 0.29) is 11.8 Å². The van der Waals surface area contributed by atoms with Crippen molar-refractivity contribution in [3.63, 3.8) is 0 Å². The second-order valence-electron chi connectivity index (χ2n) is 8.80. The van der Waals surface area contributed by atoms with Crippen LogP contribution >= 0.6 is 0 Å². The van der Waals surface area contributed by atoms with Crippen LogP contribution in [0, 0.1) is 0 Å². The van der Waals surface area contributed by atoms with E-state index in [9.17, 15) is 4.79 Å². The van der Waals surface area contributed by atoms with Gasteiger partial charge in [0.25, 0.3) is 0 Å². The van der Waals surface area contributed by atoms with Gasteiger partial charge in [-0.15, -0.1) is 0 Å². The van der Waals surface area contributed by atoms with Crippen LogP contribution in [0.5, 0.6) is 0 Å². The van der Waals surface area contributed by atoms with E-state index in [1.54, 1.807) is 0 Å². The molecule has 1 fully saturated rings. The molecule has 1 unspecified atom stereocenters. The quantitative estimate of drug-likeness (QED) is 0.508. The maximum atomic E-state index is 13.0. The number of aromatic amines is 1. The number of hydrogen-bond acceptors (Lipinski definition) is 3. The van der Waals surface area contributed by atoms with Gasteiger partial charge in [-0.3, -0.25) is 4.79 Å². The Hall–Kier alpha value is -3.15. The van der Waals surface area contributed by atoms with Crippen LogP contribution in [-0.4, -0.2) is 43.4 Å². The van der Waals surface area contributed by atoms with Crippen LogP contribution in [0.15, 0.2) is 48.5 Å². The van der Waals surface area contributed by atoms with Crippen molar-refractivity contribution in [3.8, 4) is 0 Å². The Morgan fingerprint density at radius 2 is 1.87 bits per heavy atom. The average molecular weight is 416 g/mol. The van der Waals surface area contributed by atoms with Crippen LogP contribution in [0.25, 0.3) is 22.1 Å². The molecule has 0 bridgehead atoms. The van der Waals surface area contributed by atoms with Gasteiger partial charge in [0.2, 0.25) is 5.91 Å². The van der Waals surface area contributed by atoms with E-state index in [2.05, 4.69) is 46.6 Å². The minimum absolute atomic E-state index is 0.206. The zero-order chi connectivity index (χ0) is 21.4. The molecule has 1 N–H and O–H groups in total. The standard InChI is InChI=1S/C25H29N5O/c1-17(2)30-22-12-6-5-11-21(22)28-25(30)18-8-7-15-29(16-18)24(31)14-13-23-26-19-9-3-4-10-20(19)27-23/h3-6,9-12,17-18H,7-8,13-16H2,1-2H3,(H,26,27). The van der Waals surface area contributed by atoms with Crippen molar-refractivity contribution in [2.24, 2.45) is 0 Å². The molecule has 1 aliphatic rings. The number of para-hydroxylation sites is 4. The Labute approximate surface area is 182 Å². The molecule has 1 aliphatic heterocycles. The summed E-state index contributed by atoms with van der Waals surface area (Å²) in [5, 5.41) is 0. The topological polar surface area (TPSA) is 66.8 Å². The van der Waals surface area contributed by atoms with Gasteiger partial charge in [0.1, 0.15) is 11.6 Å². The normalized spacial score (nSPS) is 17.1. The molecule has 0 radical (unpaired) electrons. The van der Waals surface area contributed by atoms with E-state index in [1.165, 1.54) is 5.52 Å². The first kappa shape index (κ1) is 19.8. The molecule has 31 heavy (non-hydrogen) atoms. The minimum atomic E-state index is 0.206. The van der Waals surface area contributed by atoms with Gasteiger partial charge < -0.3 is 14.5 Å². The number of hydrogen-bond donors (Lipinski definition) is 1. The summed E-state index contributed by atoms with van der Waals surface area (Å²) in [5.74, 6) is 2.48. The van der Waals surface area contributed by atoms with Crippen molar-refractivity contribution in [1.29, 1.82) is 0 Å². The van der Waals surface area contributed by atoms with Crippen molar-refractivity contribution < 1.29 is 4.79 Å². The van der Waals surface area contributed by atoms with E-state index in [0.29, 0.717) is 18.9 Å². The first-order valence-corrected chi connectivity index (χ1v) is 11.3. The first-order chi connectivity index (χ1) is 15.1. The SMILES string of the molecule is CC(C)n1c(C2CCCN(C(=O)CCc3nc4ccccc4[nH]3)C2)nc2ccccc21. The van der Waals surface area contributed by atoms with E-state index in [1.807, 2.05) is 35.2 Å². The monoisotopic (exact) mass is 415 g/mol. The summed E-state index contributed by atoms with van der Waals surface area (Å²) in [7, 11) is 0. The van der Waals surface area contributed by atoms with Crippen molar-refractivity contribution >= 4 is 28.0 Å². The van der Waals surface area contributed by atoms with E-state index in [4.69, 9.17) is 4.98 Å². The lowest BCUT2D eigenvalue weighted by Gasteiger charge is -2.33. The average Bonchev–Trinajstić information content (AvgIpc) is 3.38. The summed E-state index contributed by atoms with van der Waals surface area (Å²) < 4.78 is 2.35. The molecule has 1 amide bonds. The molecule has 4 aromatic rings. The smallest absolute Gasteiger partial charge is 0.223 e. The van der Waals surface area contributed by atoms with Gasteiger partial charge >= 0.3 is 0 Å². The Kier molecular flexibility index (Phi) is 5.22.